The van der Waals surface area contributed by atoms with Crippen LogP contribution >= 0.6 is 0 Å². The fourth-order valence-corrected chi connectivity index (χ4v) is 1.92. The molecule has 3 nitrogen and oxygen atoms in total. The highest BCUT2D eigenvalue weighted by Gasteiger charge is 1.98. The van der Waals surface area contributed by atoms with Gasteiger partial charge in [-0.2, -0.15) is 0 Å². The van der Waals surface area contributed by atoms with Gasteiger partial charge < -0.3 is 15.0 Å². The molecular formula is C15H20N2O. The van der Waals surface area contributed by atoms with E-state index in [0.29, 0.717) is 5.75 Å². The Labute approximate surface area is 108 Å². The molecule has 0 atom stereocenters. The van der Waals surface area contributed by atoms with E-state index in [0.717, 1.165) is 26.1 Å². The first-order valence-electron chi connectivity index (χ1n) is 6.41. The Morgan fingerprint density at radius 1 is 1.11 bits per heavy atom. The van der Waals surface area contributed by atoms with E-state index in [1.165, 1.54) is 11.1 Å². The van der Waals surface area contributed by atoms with E-state index in [2.05, 4.69) is 35.3 Å². The van der Waals surface area contributed by atoms with Crippen molar-refractivity contribution in [1.82, 2.24) is 9.88 Å². The van der Waals surface area contributed by atoms with E-state index in [-0.39, 0.29) is 0 Å². The minimum atomic E-state index is 0.315. The minimum absolute atomic E-state index is 0.315. The molecule has 0 aliphatic carbocycles. The van der Waals surface area contributed by atoms with E-state index in [1.54, 1.807) is 12.1 Å². The summed E-state index contributed by atoms with van der Waals surface area (Å²) in [5, 5.41) is 12.6. The van der Waals surface area contributed by atoms with Crippen LogP contribution < -0.4 is 5.32 Å². The van der Waals surface area contributed by atoms with Gasteiger partial charge in [-0.05, 0) is 42.3 Å². The van der Waals surface area contributed by atoms with Gasteiger partial charge in [-0.1, -0.05) is 19.1 Å². The molecular weight excluding hydrogens is 224 g/mol. The van der Waals surface area contributed by atoms with Crippen LogP contribution in [0.4, 0.5) is 0 Å². The quantitative estimate of drug-likeness (QED) is 0.767. The van der Waals surface area contributed by atoms with Gasteiger partial charge in [0.05, 0.1) is 0 Å². The van der Waals surface area contributed by atoms with Gasteiger partial charge in [0, 0.05) is 25.5 Å². The largest absolute Gasteiger partial charge is 0.508 e. The molecule has 3 heteroatoms. The fraction of sp³-hybridized carbons (Fsp3) is 0.333. The van der Waals surface area contributed by atoms with Crippen LogP contribution in [0.5, 0.6) is 5.75 Å². The van der Waals surface area contributed by atoms with Crippen LogP contribution in [0.2, 0.25) is 0 Å². The monoisotopic (exact) mass is 244 g/mol. The van der Waals surface area contributed by atoms with Crippen molar-refractivity contribution in [3.8, 4) is 5.75 Å². The molecule has 2 N–H and O–H groups in total. The van der Waals surface area contributed by atoms with Crippen LogP contribution in [0.25, 0.3) is 0 Å². The third kappa shape index (κ3) is 3.64. The van der Waals surface area contributed by atoms with Crippen molar-refractivity contribution in [1.29, 1.82) is 0 Å². The lowest BCUT2D eigenvalue weighted by Gasteiger charge is -2.03. The van der Waals surface area contributed by atoms with Gasteiger partial charge >= 0.3 is 0 Å². The maximum atomic E-state index is 9.23. The summed E-state index contributed by atoms with van der Waals surface area (Å²) in [6, 6.07) is 9.49. The van der Waals surface area contributed by atoms with Gasteiger partial charge in [-0.3, -0.25) is 0 Å². The molecule has 18 heavy (non-hydrogen) atoms. The predicted octanol–water partition coefficient (Wildman–Crippen LogP) is 2.74. The second kappa shape index (κ2) is 6.26. The number of hydrogen-bond acceptors (Lipinski definition) is 2. The Balaban J connectivity index is 1.91. The first kappa shape index (κ1) is 12.7. The molecule has 0 fully saturated rings. The molecule has 0 saturated carbocycles. The smallest absolute Gasteiger partial charge is 0.115 e. The maximum Gasteiger partial charge on any atom is 0.115 e. The second-order valence-corrected chi connectivity index (χ2v) is 4.54. The Bertz CT molecular complexity index is 473. The number of phenols is 1. The zero-order chi connectivity index (χ0) is 12.8. The second-order valence-electron chi connectivity index (χ2n) is 4.54. The van der Waals surface area contributed by atoms with Gasteiger partial charge in [0.25, 0.3) is 0 Å². The molecule has 0 radical (unpaired) electrons. The molecule has 2 aromatic rings. The van der Waals surface area contributed by atoms with Gasteiger partial charge in [-0.15, -0.1) is 0 Å². The number of nitrogens with one attached hydrogen (secondary N) is 1. The van der Waals surface area contributed by atoms with E-state index < -0.39 is 0 Å². The third-order valence-electron chi connectivity index (χ3n) is 2.87. The van der Waals surface area contributed by atoms with Crippen molar-refractivity contribution in [2.75, 3.05) is 6.54 Å². The standard InChI is InChI=1S/C15H20N2O/c1-2-8-16-10-14-7-9-17(12-14)11-13-3-5-15(18)6-4-13/h3-7,9,12,16,18H,2,8,10-11H2,1H3. The molecule has 0 spiro atoms. The lowest BCUT2D eigenvalue weighted by atomic mass is 10.2. The fourth-order valence-electron chi connectivity index (χ4n) is 1.92. The van der Waals surface area contributed by atoms with Crippen molar-refractivity contribution in [2.45, 2.75) is 26.4 Å². The molecule has 96 valence electrons. The zero-order valence-electron chi connectivity index (χ0n) is 10.8. The average Bonchev–Trinajstić information content (AvgIpc) is 2.80. The summed E-state index contributed by atoms with van der Waals surface area (Å²) < 4.78 is 2.16. The van der Waals surface area contributed by atoms with Crippen molar-refractivity contribution < 1.29 is 5.11 Å². The van der Waals surface area contributed by atoms with Gasteiger partial charge in [0.1, 0.15) is 5.75 Å². The summed E-state index contributed by atoms with van der Waals surface area (Å²) in [4.78, 5) is 0. The van der Waals surface area contributed by atoms with Crippen LogP contribution in [-0.4, -0.2) is 16.2 Å². The van der Waals surface area contributed by atoms with Crippen LogP contribution in [0.3, 0.4) is 0 Å². The Hall–Kier alpha value is -1.74. The first-order chi connectivity index (χ1) is 8.78. The molecule has 2 rings (SSSR count). The molecule has 0 amide bonds. The normalized spacial score (nSPS) is 10.7. The van der Waals surface area contributed by atoms with Crippen LogP contribution in [0, 0.1) is 0 Å². The van der Waals surface area contributed by atoms with Gasteiger partial charge in [-0.25, -0.2) is 0 Å². The molecule has 1 heterocycles. The van der Waals surface area contributed by atoms with E-state index >= 15 is 0 Å². The van der Waals surface area contributed by atoms with Crippen molar-refractivity contribution >= 4 is 0 Å². The van der Waals surface area contributed by atoms with E-state index in [1.807, 2.05) is 12.1 Å². The number of aromatic nitrogens is 1. The summed E-state index contributed by atoms with van der Waals surface area (Å²) in [7, 11) is 0. The van der Waals surface area contributed by atoms with Crippen molar-refractivity contribution in [3.05, 3.63) is 53.9 Å². The number of hydrogen-bond donors (Lipinski definition) is 2. The number of aromatic hydroxyl groups is 1. The number of benzene rings is 1. The third-order valence-corrected chi connectivity index (χ3v) is 2.87. The summed E-state index contributed by atoms with van der Waals surface area (Å²) in [5.41, 5.74) is 2.50. The van der Waals surface area contributed by atoms with E-state index in [4.69, 9.17) is 0 Å². The molecule has 1 aromatic carbocycles. The lowest BCUT2D eigenvalue weighted by molar-refractivity contribution is 0.475. The highest BCUT2D eigenvalue weighted by atomic mass is 16.3. The summed E-state index contributed by atoms with van der Waals surface area (Å²) in [6.45, 7) is 5.00. The Kier molecular flexibility index (Phi) is 4.42. The first-order valence-corrected chi connectivity index (χ1v) is 6.41. The molecule has 1 aromatic heterocycles. The molecule has 0 unspecified atom stereocenters. The van der Waals surface area contributed by atoms with Crippen molar-refractivity contribution in [2.24, 2.45) is 0 Å². The Morgan fingerprint density at radius 3 is 2.61 bits per heavy atom. The topological polar surface area (TPSA) is 37.2 Å². The minimum Gasteiger partial charge on any atom is -0.508 e. The van der Waals surface area contributed by atoms with Gasteiger partial charge in [0.2, 0.25) is 0 Å². The van der Waals surface area contributed by atoms with E-state index in [9.17, 15) is 5.11 Å². The highest BCUT2D eigenvalue weighted by molar-refractivity contribution is 5.26. The lowest BCUT2D eigenvalue weighted by Crippen LogP contribution is -2.13. The zero-order valence-corrected chi connectivity index (χ0v) is 10.8. The Morgan fingerprint density at radius 2 is 1.89 bits per heavy atom. The maximum absolute atomic E-state index is 9.23. The molecule has 0 bridgehead atoms. The molecule has 0 aliphatic rings. The highest BCUT2D eigenvalue weighted by Crippen LogP contribution is 2.11. The van der Waals surface area contributed by atoms with Crippen LogP contribution in [0.15, 0.2) is 42.7 Å². The summed E-state index contributed by atoms with van der Waals surface area (Å²) >= 11 is 0. The SMILES string of the molecule is CCCNCc1ccn(Cc2ccc(O)cc2)c1. The number of nitrogens with zero attached hydrogens (tertiary/aromatic N) is 1. The van der Waals surface area contributed by atoms with Gasteiger partial charge in [0.15, 0.2) is 0 Å². The predicted molar refractivity (Wildman–Crippen MR) is 73.6 cm³/mol. The molecule has 0 saturated heterocycles. The number of phenolic OH excluding ortho intramolecular Hbond substituents is 1. The van der Waals surface area contributed by atoms with Crippen LogP contribution in [-0.2, 0) is 13.1 Å². The summed E-state index contributed by atoms with van der Waals surface area (Å²) in [6.07, 6.45) is 5.42. The van der Waals surface area contributed by atoms with Crippen LogP contribution in [0.1, 0.15) is 24.5 Å². The number of rotatable bonds is 6. The summed E-state index contributed by atoms with van der Waals surface area (Å²) in [5.74, 6) is 0.315. The average molecular weight is 244 g/mol. The van der Waals surface area contributed by atoms with Crippen molar-refractivity contribution in [3.63, 3.8) is 0 Å². The molecule has 0 aliphatic heterocycles.